The van der Waals surface area contributed by atoms with Gasteiger partial charge in [-0.15, -0.1) is 0 Å². The maximum absolute atomic E-state index is 11.8. The van der Waals surface area contributed by atoms with Gasteiger partial charge in [-0.1, -0.05) is 0 Å². The van der Waals surface area contributed by atoms with Crippen molar-refractivity contribution in [3.63, 3.8) is 0 Å². The molecule has 0 bridgehead atoms. The van der Waals surface area contributed by atoms with E-state index < -0.39 is 23.9 Å². The molecule has 8 heteroatoms. The van der Waals surface area contributed by atoms with Gasteiger partial charge in [-0.3, -0.25) is 9.59 Å². The van der Waals surface area contributed by atoms with Crippen molar-refractivity contribution in [1.29, 1.82) is 0 Å². The standard InChI is InChI=1S/C12H16N2O6/c1-19-10(15)5-3-8(12(17)18)14-11(16)9-4-2-7(6-13)20-9/h2,4,8H,3,5-6,13H2,1H3,(H,14,16)(H,17,18)/t8-/m0/s1. The molecule has 0 unspecified atom stereocenters. The Morgan fingerprint density at radius 1 is 1.45 bits per heavy atom. The predicted octanol–water partition coefficient (Wildman–Crippen LogP) is -0.125. The summed E-state index contributed by atoms with van der Waals surface area (Å²) in [5.74, 6) is -2.09. The first kappa shape index (κ1) is 15.7. The summed E-state index contributed by atoms with van der Waals surface area (Å²) in [6.07, 6.45) is -0.182. The Morgan fingerprint density at radius 3 is 2.65 bits per heavy atom. The van der Waals surface area contributed by atoms with Gasteiger partial charge in [-0.25, -0.2) is 4.79 Å². The third kappa shape index (κ3) is 4.39. The van der Waals surface area contributed by atoms with E-state index in [1.54, 1.807) is 0 Å². The Bertz CT molecular complexity index is 496. The minimum Gasteiger partial charge on any atom is -0.480 e. The molecule has 1 amide bonds. The van der Waals surface area contributed by atoms with Gasteiger partial charge >= 0.3 is 11.9 Å². The third-order valence-corrected chi connectivity index (χ3v) is 2.55. The molecular formula is C12H16N2O6. The Balaban J connectivity index is 2.63. The highest BCUT2D eigenvalue weighted by molar-refractivity contribution is 5.94. The Hall–Kier alpha value is -2.35. The van der Waals surface area contributed by atoms with Crippen LogP contribution in [0.25, 0.3) is 0 Å². The number of hydrogen-bond acceptors (Lipinski definition) is 6. The third-order valence-electron chi connectivity index (χ3n) is 2.55. The van der Waals surface area contributed by atoms with Crippen LogP contribution in [-0.4, -0.2) is 36.1 Å². The number of carbonyl (C=O) groups is 3. The first-order chi connectivity index (χ1) is 9.47. The molecule has 0 aliphatic carbocycles. The first-order valence-electron chi connectivity index (χ1n) is 5.87. The second-order valence-corrected chi connectivity index (χ2v) is 3.95. The van der Waals surface area contributed by atoms with Gasteiger partial charge in [0.05, 0.1) is 13.7 Å². The van der Waals surface area contributed by atoms with E-state index in [9.17, 15) is 14.4 Å². The number of carboxylic acid groups (broad SMARTS) is 1. The summed E-state index contributed by atoms with van der Waals surface area (Å²) < 4.78 is 9.51. The summed E-state index contributed by atoms with van der Waals surface area (Å²) in [7, 11) is 1.20. The number of amides is 1. The molecule has 8 nitrogen and oxygen atoms in total. The number of carboxylic acids is 1. The van der Waals surface area contributed by atoms with E-state index in [1.165, 1.54) is 19.2 Å². The molecule has 1 atom stereocenters. The molecule has 0 fully saturated rings. The SMILES string of the molecule is COC(=O)CC[C@H](NC(=O)c1ccc(CN)o1)C(=O)O. The number of aliphatic carboxylic acids is 1. The topological polar surface area (TPSA) is 132 Å². The van der Waals surface area contributed by atoms with Gasteiger partial charge in [-0.2, -0.15) is 0 Å². The first-order valence-corrected chi connectivity index (χ1v) is 5.87. The zero-order valence-corrected chi connectivity index (χ0v) is 10.9. The van der Waals surface area contributed by atoms with E-state index >= 15 is 0 Å². The molecule has 1 heterocycles. The maximum Gasteiger partial charge on any atom is 0.326 e. The summed E-state index contributed by atoms with van der Waals surface area (Å²) in [5, 5.41) is 11.3. The van der Waals surface area contributed by atoms with Crippen molar-refractivity contribution < 1.29 is 28.6 Å². The van der Waals surface area contributed by atoms with Crippen molar-refractivity contribution in [2.75, 3.05) is 7.11 Å². The summed E-state index contributed by atoms with van der Waals surface area (Å²) in [4.78, 5) is 33.8. The smallest absolute Gasteiger partial charge is 0.326 e. The average molecular weight is 284 g/mol. The number of methoxy groups -OCH3 is 1. The van der Waals surface area contributed by atoms with Gasteiger partial charge in [0.25, 0.3) is 5.91 Å². The molecule has 110 valence electrons. The van der Waals surface area contributed by atoms with Crippen LogP contribution in [-0.2, 0) is 20.9 Å². The second kappa shape index (κ2) is 7.29. The number of esters is 1. The minimum absolute atomic E-state index is 0.0326. The molecule has 20 heavy (non-hydrogen) atoms. The lowest BCUT2D eigenvalue weighted by molar-refractivity contribution is -0.142. The zero-order valence-electron chi connectivity index (χ0n) is 10.9. The van der Waals surface area contributed by atoms with Crippen LogP contribution in [0.1, 0.15) is 29.2 Å². The Morgan fingerprint density at radius 2 is 2.15 bits per heavy atom. The van der Waals surface area contributed by atoms with Gasteiger partial charge in [0.1, 0.15) is 11.8 Å². The highest BCUT2D eigenvalue weighted by atomic mass is 16.5. The van der Waals surface area contributed by atoms with Crippen LogP contribution in [0.5, 0.6) is 0 Å². The van der Waals surface area contributed by atoms with Gasteiger partial charge in [-0.05, 0) is 18.6 Å². The molecule has 1 aromatic rings. The van der Waals surface area contributed by atoms with Crippen LogP contribution >= 0.6 is 0 Å². The quantitative estimate of drug-likeness (QED) is 0.594. The van der Waals surface area contributed by atoms with Crippen molar-refractivity contribution in [3.8, 4) is 0 Å². The number of furan rings is 1. The summed E-state index contributed by atoms with van der Waals surface area (Å²) in [6.45, 7) is 0.137. The monoisotopic (exact) mass is 284 g/mol. The van der Waals surface area contributed by atoms with E-state index in [-0.39, 0.29) is 25.1 Å². The molecule has 0 aromatic carbocycles. The van der Waals surface area contributed by atoms with Crippen molar-refractivity contribution in [1.82, 2.24) is 5.32 Å². The predicted molar refractivity (Wildman–Crippen MR) is 66.7 cm³/mol. The molecule has 1 rings (SSSR count). The molecule has 0 aliphatic heterocycles. The van der Waals surface area contributed by atoms with E-state index in [0.29, 0.717) is 5.76 Å². The Labute approximate surface area is 114 Å². The van der Waals surface area contributed by atoms with Crippen LogP contribution in [0, 0.1) is 0 Å². The normalized spacial score (nSPS) is 11.7. The van der Waals surface area contributed by atoms with Crippen molar-refractivity contribution in [3.05, 3.63) is 23.7 Å². The average Bonchev–Trinajstić information content (AvgIpc) is 2.91. The van der Waals surface area contributed by atoms with Crippen molar-refractivity contribution >= 4 is 17.8 Å². The second-order valence-electron chi connectivity index (χ2n) is 3.95. The highest BCUT2D eigenvalue weighted by Gasteiger charge is 2.23. The van der Waals surface area contributed by atoms with Crippen LogP contribution in [0.2, 0.25) is 0 Å². The Kier molecular flexibility index (Phi) is 5.73. The van der Waals surface area contributed by atoms with Crippen molar-refractivity contribution in [2.24, 2.45) is 5.73 Å². The fraction of sp³-hybridized carbons (Fsp3) is 0.417. The van der Waals surface area contributed by atoms with Gasteiger partial charge in [0.15, 0.2) is 5.76 Å². The molecule has 0 saturated heterocycles. The fourth-order valence-electron chi connectivity index (χ4n) is 1.46. The summed E-state index contributed by atoms with van der Waals surface area (Å²) >= 11 is 0. The van der Waals surface area contributed by atoms with Gasteiger partial charge in [0, 0.05) is 6.42 Å². The molecule has 0 radical (unpaired) electrons. The zero-order chi connectivity index (χ0) is 15.1. The summed E-state index contributed by atoms with van der Waals surface area (Å²) in [6, 6.07) is 1.73. The summed E-state index contributed by atoms with van der Waals surface area (Å²) in [5.41, 5.74) is 5.34. The number of carbonyl (C=O) groups excluding carboxylic acids is 2. The lowest BCUT2D eigenvalue weighted by Gasteiger charge is -2.12. The lowest BCUT2D eigenvalue weighted by Crippen LogP contribution is -2.41. The minimum atomic E-state index is -1.24. The van der Waals surface area contributed by atoms with Crippen LogP contribution in [0.3, 0.4) is 0 Å². The van der Waals surface area contributed by atoms with Crippen LogP contribution < -0.4 is 11.1 Å². The van der Waals surface area contributed by atoms with E-state index in [0.717, 1.165) is 0 Å². The number of nitrogens with one attached hydrogen (secondary N) is 1. The highest BCUT2D eigenvalue weighted by Crippen LogP contribution is 2.08. The molecular weight excluding hydrogens is 268 g/mol. The maximum atomic E-state index is 11.8. The van der Waals surface area contributed by atoms with Crippen LogP contribution in [0.4, 0.5) is 0 Å². The molecule has 0 aliphatic rings. The van der Waals surface area contributed by atoms with Gasteiger partial charge < -0.3 is 25.3 Å². The number of ether oxygens (including phenoxy) is 1. The van der Waals surface area contributed by atoms with Crippen molar-refractivity contribution in [2.45, 2.75) is 25.4 Å². The molecule has 0 spiro atoms. The number of hydrogen-bond donors (Lipinski definition) is 3. The largest absolute Gasteiger partial charge is 0.480 e. The van der Waals surface area contributed by atoms with E-state index in [2.05, 4.69) is 10.1 Å². The molecule has 1 aromatic heterocycles. The lowest BCUT2D eigenvalue weighted by atomic mass is 10.1. The molecule has 0 saturated carbocycles. The number of rotatable bonds is 7. The van der Waals surface area contributed by atoms with E-state index in [4.69, 9.17) is 15.3 Å². The fourth-order valence-corrected chi connectivity index (χ4v) is 1.46. The number of nitrogens with two attached hydrogens (primary N) is 1. The molecule has 4 N–H and O–H groups in total. The van der Waals surface area contributed by atoms with Gasteiger partial charge in [0.2, 0.25) is 0 Å². The van der Waals surface area contributed by atoms with Crippen LogP contribution in [0.15, 0.2) is 16.5 Å². The van der Waals surface area contributed by atoms with E-state index in [1.807, 2.05) is 0 Å².